The highest BCUT2D eigenvalue weighted by Gasteiger charge is 2.29. The Morgan fingerprint density at radius 1 is 1.18 bits per heavy atom. The maximum atomic E-state index is 12.9. The summed E-state index contributed by atoms with van der Waals surface area (Å²) >= 11 is 3.35. The van der Waals surface area contributed by atoms with Gasteiger partial charge in [-0.3, -0.25) is 23.5 Å². The maximum Gasteiger partial charge on any atom is 0.334 e. The van der Waals surface area contributed by atoms with Crippen molar-refractivity contribution in [1.82, 2.24) is 14.5 Å². The Bertz CT molecular complexity index is 1050. The van der Waals surface area contributed by atoms with E-state index >= 15 is 0 Å². The Morgan fingerprint density at radius 2 is 1.79 bits per heavy atom. The number of aromatic hydroxyl groups is 1. The number of nitrogens with zero attached hydrogens (tertiary/aromatic N) is 2. The fraction of sp³-hybridized carbons (Fsp3) is 0.333. The fourth-order valence-electron chi connectivity index (χ4n) is 2.62. The summed E-state index contributed by atoms with van der Waals surface area (Å²) in [5, 5.41) is 21.3. The van der Waals surface area contributed by atoms with Crippen LogP contribution in [0.15, 0.2) is 38.3 Å². The van der Waals surface area contributed by atoms with Crippen LogP contribution in [-0.4, -0.2) is 37.8 Å². The van der Waals surface area contributed by atoms with Crippen molar-refractivity contribution < 1.29 is 19.8 Å². The number of hydrogen-bond donors (Lipinski definition) is 3. The first-order valence-corrected chi connectivity index (χ1v) is 9.07. The Morgan fingerprint density at radius 3 is 2.32 bits per heavy atom. The Hall–Kier alpha value is -2.88. The Labute approximate surface area is 168 Å². The van der Waals surface area contributed by atoms with Crippen LogP contribution < -0.4 is 16.6 Å². The minimum Gasteiger partial charge on any atom is -0.494 e. The molecule has 9 nitrogen and oxygen atoms in total. The van der Waals surface area contributed by atoms with Crippen LogP contribution in [0.4, 0.5) is 0 Å². The number of halogens is 1. The van der Waals surface area contributed by atoms with E-state index in [2.05, 4.69) is 15.9 Å². The molecule has 2 rings (SSSR count). The maximum absolute atomic E-state index is 12.9. The van der Waals surface area contributed by atoms with E-state index in [1.54, 1.807) is 45.0 Å². The third-order valence-electron chi connectivity index (χ3n) is 3.90. The predicted octanol–water partition coefficient (Wildman–Crippen LogP) is 1.10. The summed E-state index contributed by atoms with van der Waals surface area (Å²) in [6.07, 6.45) is 0. The van der Waals surface area contributed by atoms with Crippen LogP contribution in [0.1, 0.15) is 36.7 Å². The number of aromatic nitrogens is 2. The van der Waals surface area contributed by atoms with Gasteiger partial charge in [0.05, 0.1) is 6.54 Å². The minimum atomic E-state index is -1.31. The van der Waals surface area contributed by atoms with Crippen LogP contribution in [0.2, 0.25) is 0 Å². The van der Waals surface area contributed by atoms with Gasteiger partial charge in [0.25, 0.3) is 11.5 Å². The lowest BCUT2D eigenvalue weighted by Gasteiger charge is -2.25. The molecule has 0 aliphatic carbocycles. The SMILES string of the molecule is CC(C)(C)n1c(O)c(C(=O)NCC(=O)O)c(=O)n(Cc2ccccc2Br)c1=O. The molecule has 0 bridgehead atoms. The number of carboxylic acid groups (broad SMARTS) is 1. The number of rotatable bonds is 5. The van der Waals surface area contributed by atoms with Crippen molar-refractivity contribution in [1.29, 1.82) is 0 Å². The molecule has 150 valence electrons. The summed E-state index contributed by atoms with van der Waals surface area (Å²) in [4.78, 5) is 48.9. The summed E-state index contributed by atoms with van der Waals surface area (Å²) in [5.41, 5.74) is -2.83. The second-order valence-electron chi connectivity index (χ2n) is 7.05. The van der Waals surface area contributed by atoms with Crippen LogP contribution in [0.3, 0.4) is 0 Å². The van der Waals surface area contributed by atoms with E-state index in [1.165, 1.54) is 0 Å². The van der Waals surface area contributed by atoms with Crippen molar-refractivity contribution in [3.63, 3.8) is 0 Å². The van der Waals surface area contributed by atoms with Gasteiger partial charge in [-0.15, -0.1) is 0 Å². The molecule has 3 N–H and O–H groups in total. The van der Waals surface area contributed by atoms with Gasteiger partial charge in [0, 0.05) is 10.0 Å². The van der Waals surface area contributed by atoms with E-state index < -0.39 is 46.7 Å². The van der Waals surface area contributed by atoms with Crippen molar-refractivity contribution in [2.24, 2.45) is 0 Å². The number of hydrogen-bond acceptors (Lipinski definition) is 5. The highest BCUT2D eigenvalue weighted by atomic mass is 79.9. The van der Waals surface area contributed by atoms with Crippen LogP contribution >= 0.6 is 15.9 Å². The number of benzene rings is 1. The van der Waals surface area contributed by atoms with Crippen molar-refractivity contribution in [3.8, 4) is 5.88 Å². The van der Waals surface area contributed by atoms with Gasteiger partial charge in [0.15, 0.2) is 5.56 Å². The molecule has 1 heterocycles. The first-order chi connectivity index (χ1) is 12.9. The number of carboxylic acids is 1. The van der Waals surface area contributed by atoms with Gasteiger partial charge in [-0.05, 0) is 32.4 Å². The molecule has 0 spiro atoms. The molecule has 0 saturated carbocycles. The van der Waals surface area contributed by atoms with E-state index in [4.69, 9.17) is 5.11 Å². The largest absolute Gasteiger partial charge is 0.494 e. The summed E-state index contributed by atoms with van der Waals surface area (Å²) in [6, 6.07) is 6.94. The summed E-state index contributed by atoms with van der Waals surface area (Å²) in [7, 11) is 0. The van der Waals surface area contributed by atoms with E-state index in [-0.39, 0.29) is 6.54 Å². The molecule has 2 aromatic rings. The van der Waals surface area contributed by atoms with E-state index in [0.29, 0.717) is 10.0 Å². The quantitative estimate of drug-likeness (QED) is 0.620. The standard InChI is InChI=1S/C18H20BrN3O6/c1-18(2,3)22-16(27)13(14(25)20-8-12(23)24)15(26)21(17(22)28)9-10-6-4-5-7-11(10)19/h4-7,27H,8-9H2,1-3H3,(H,20,25)(H,23,24). The zero-order valence-corrected chi connectivity index (χ0v) is 17.1. The van der Waals surface area contributed by atoms with Crippen LogP contribution in [0, 0.1) is 0 Å². The lowest BCUT2D eigenvalue weighted by atomic mass is 10.1. The molecule has 1 aromatic carbocycles. The molecule has 0 fully saturated rings. The second-order valence-corrected chi connectivity index (χ2v) is 7.90. The molecule has 0 unspecified atom stereocenters. The first kappa shape index (κ1) is 21.4. The van der Waals surface area contributed by atoms with Gasteiger partial charge in [0.2, 0.25) is 5.88 Å². The zero-order valence-electron chi connectivity index (χ0n) is 15.5. The molecule has 1 aromatic heterocycles. The molecule has 0 aliphatic heterocycles. The van der Waals surface area contributed by atoms with Crippen molar-refractivity contribution in [2.75, 3.05) is 6.54 Å². The molecule has 0 aliphatic rings. The zero-order chi connectivity index (χ0) is 21.2. The Balaban J connectivity index is 2.74. The second kappa shape index (κ2) is 8.01. The van der Waals surface area contributed by atoms with Gasteiger partial charge in [-0.2, -0.15) is 0 Å². The third-order valence-corrected chi connectivity index (χ3v) is 4.67. The molecular weight excluding hydrogens is 434 g/mol. The smallest absolute Gasteiger partial charge is 0.334 e. The third kappa shape index (κ3) is 4.33. The number of carbonyl (C=O) groups excluding carboxylic acids is 1. The van der Waals surface area contributed by atoms with Crippen LogP contribution in [0.5, 0.6) is 5.88 Å². The number of carbonyl (C=O) groups is 2. The van der Waals surface area contributed by atoms with E-state index in [0.717, 1.165) is 9.13 Å². The van der Waals surface area contributed by atoms with E-state index in [1.807, 2.05) is 5.32 Å². The van der Waals surface area contributed by atoms with Gasteiger partial charge in [-0.1, -0.05) is 34.1 Å². The molecule has 0 atom stereocenters. The predicted molar refractivity (Wildman–Crippen MR) is 105 cm³/mol. The van der Waals surface area contributed by atoms with E-state index in [9.17, 15) is 24.3 Å². The summed E-state index contributed by atoms with van der Waals surface area (Å²) in [5.74, 6) is -3.21. The van der Waals surface area contributed by atoms with Gasteiger partial charge < -0.3 is 15.5 Å². The van der Waals surface area contributed by atoms with Gasteiger partial charge in [-0.25, -0.2) is 4.79 Å². The highest BCUT2D eigenvalue weighted by molar-refractivity contribution is 9.10. The van der Waals surface area contributed by atoms with Gasteiger partial charge >= 0.3 is 11.7 Å². The number of nitrogens with one attached hydrogen (secondary N) is 1. The topological polar surface area (TPSA) is 131 Å². The van der Waals surface area contributed by atoms with Crippen LogP contribution in [-0.2, 0) is 16.9 Å². The average molecular weight is 454 g/mol. The lowest BCUT2D eigenvalue weighted by molar-refractivity contribution is -0.135. The van der Waals surface area contributed by atoms with Gasteiger partial charge in [0.1, 0.15) is 6.54 Å². The molecule has 1 amide bonds. The molecular formula is C18H20BrN3O6. The lowest BCUT2D eigenvalue weighted by Crippen LogP contribution is -2.48. The van der Waals surface area contributed by atoms with Crippen LogP contribution in [0.25, 0.3) is 0 Å². The number of amides is 1. The average Bonchev–Trinajstić information content (AvgIpc) is 2.57. The molecule has 0 saturated heterocycles. The molecule has 0 radical (unpaired) electrons. The highest BCUT2D eigenvalue weighted by Crippen LogP contribution is 2.21. The van der Waals surface area contributed by atoms with Crippen molar-refractivity contribution >= 4 is 27.8 Å². The molecule has 10 heteroatoms. The summed E-state index contributed by atoms with van der Waals surface area (Å²) < 4.78 is 2.43. The van der Waals surface area contributed by atoms with Crippen molar-refractivity contribution in [2.45, 2.75) is 32.9 Å². The number of aliphatic carboxylic acids is 1. The minimum absolute atomic E-state index is 0.144. The normalized spacial score (nSPS) is 11.3. The first-order valence-electron chi connectivity index (χ1n) is 8.27. The Kier molecular flexibility index (Phi) is 6.13. The summed E-state index contributed by atoms with van der Waals surface area (Å²) in [6.45, 7) is 3.99. The van der Waals surface area contributed by atoms with Crippen molar-refractivity contribution in [3.05, 3.63) is 60.7 Å². The molecule has 28 heavy (non-hydrogen) atoms. The monoisotopic (exact) mass is 453 g/mol. The fourth-order valence-corrected chi connectivity index (χ4v) is 3.03.